The van der Waals surface area contributed by atoms with Gasteiger partial charge in [0.15, 0.2) is 0 Å². The zero-order valence-electron chi connectivity index (χ0n) is 13.2. The summed E-state index contributed by atoms with van der Waals surface area (Å²) in [6.45, 7) is 8.15. The Bertz CT molecular complexity index is 541. The highest BCUT2D eigenvalue weighted by molar-refractivity contribution is 6.62. The predicted octanol–water partition coefficient (Wildman–Crippen LogP) is 1.23. The molecule has 0 saturated carbocycles. The fourth-order valence-corrected chi connectivity index (χ4v) is 2.32. The van der Waals surface area contributed by atoms with Crippen molar-refractivity contribution >= 4 is 18.6 Å². The predicted molar refractivity (Wildman–Crippen MR) is 81.4 cm³/mol. The molecule has 21 heavy (non-hydrogen) atoms. The molecule has 0 amide bonds. The van der Waals surface area contributed by atoms with E-state index in [1.165, 1.54) is 7.11 Å². The van der Waals surface area contributed by atoms with Crippen LogP contribution in [0.15, 0.2) is 18.2 Å². The van der Waals surface area contributed by atoms with Crippen molar-refractivity contribution in [2.24, 2.45) is 5.73 Å². The van der Waals surface area contributed by atoms with Crippen LogP contribution in [0.2, 0.25) is 0 Å². The summed E-state index contributed by atoms with van der Waals surface area (Å²) in [4.78, 5) is 11.9. The molecule has 0 spiro atoms. The number of rotatable bonds is 3. The van der Waals surface area contributed by atoms with Crippen molar-refractivity contribution in [3.8, 4) is 0 Å². The van der Waals surface area contributed by atoms with E-state index in [2.05, 4.69) is 0 Å². The number of nitrogens with two attached hydrogens (primary N) is 1. The normalized spacial score (nSPS) is 19.6. The van der Waals surface area contributed by atoms with Crippen LogP contribution in [0.25, 0.3) is 0 Å². The second-order valence-electron chi connectivity index (χ2n) is 6.16. The van der Waals surface area contributed by atoms with E-state index in [-0.39, 0.29) is 6.54 Å². The van der Waals surface area contributed by atoms with E-state index >= 15 is 0 Å². The van der Waals surface area contributed by atoms with Crippen molar-refractivity contribution in [3.63, 3.8) is 0 Å². The number of esters is 1. The minimum absolute atomic E-state index is 0.213. The Balaban J connectivity index is 2.44. The Morgan fingerprint density at radius 2 is 1.81 bits per heavy atom. The summed E-state index contributed by atoms with van der Waals surface area (Å²) >= 11 is 0. The highest BCUT2D eigenvalue weighted by Gasteiger charge is 2.52. The van der Waals surface area contributed by atoms with E-state index in [0.29, 0.717) is 11.1 Å². The maximum absolute atomic E-state index is 11.9. The lowest BCUT2D eigenvalue weighted by Crippen LogP contribution is -2.41. The number of benzene rings is 1. The highest BCUT2D eigenvalue weighted by atomic mass is 16.7. The van der Waals surface area contributed by atoms with Gasteiger partial charge in [-0.2, -0.15) is 0 Å². The molecule has 1 aromatic carbocycles. The van der Waals surface area contributed by atoms with Gasteiger partial charge in [-0.3, -0.25) is 0 Å². The first kappa shape index (κ1) is 16.0. The van der Waals surface area contributed by atoms with Crippen LogP contribution >= 0.6 is 0 Å². The zero-order valence-corrected chi connectivity index (χ0v) is 13.2. The topological polar surface area (TPSA) is 70.8 Å². The van der Waals surface area contributed by atoms with Crippen LogP contribution in [0.4, 0.5) is 0 Å². The second-order valence-corrected chi connectivity index (χ2v) is 6.16. The molecule has 2 N–H and O–H groups in total. The van der Waals surface area contributed by atoms with Gasteiger partial charge in [0, 0.05) is 6.54 Å². The van der Waals surface area contributed by atoms with Gasteiger partial charge in [0.05, 0.1) is 23.9 Å². The van der Waals surface area contributed by atoms with Gasteiger partial charge in [-0.1, -0.05) is 12.1 Å². The highest BCUT2D eigenvalue weighted by Crippen LogP contribution is 2.36. The minimum atomic E-state index is -0.543. The number of ether oxygens (including phenoxy) is 1. The number of carbonyl (C=O) groups excluding carboxylic acids is 1. The molecule has 114 valence electrons. The van der Waals surface area contributed by atoms with Crippen molar-refractivity contribution in [1.29, 1.82) is 0 Å². The Morgan fingerprint density at radius 3 is 2.29 bits per heavy atom. The van der Waals surface area contributed by atoms with Crippen molar-refractivity contribution in [1.82, 2.24) is 0 Å². The molecule has 1 aliphatic rings. The van der Waals surface area contributed by atoms with E-state index in [1.807, 2.05) is 33.8 Å². The zero-order chi connectivity index (χ0) is 15.8. The SMILES string of the molecule is COC(=O)c1cccc(B2OC(C)(C)C(C)(C)O2)c1CN. The first-order valence-electron chi connectivity index (χ1n) is 6.99. The van der Waals surface area contributed by atoms with Gasteiger partial charge < -0.3 is 19.8 Å². The van der Waals surface area contributed by atoms with Gasteiger partial charge in [0.1, 0.15) is 0 Å². The van der Waals surface area contributed by atoms with Crippen LogP contribution in [0.5, 0.6) is 0 Å². The minimum Gasteiger partial charge on any atom is -0.465 e. The first-order valence-corrected chi connectivity index (χ1v) is 6.99. The van der Waals surface area contributed by atoms with Gasteiger partial charge in [-0.15, -0.1) is 0 Å². The average Bonchev–Trinajstić information content (AvgIpc) is 2.65. The molecule has 1 aliphatic heterocycles. The van der Waals surface area contributed by atoms with Crippen LogP contribution in [0, 0.1) is 0 Å². The summed E-state index contributed by atoms with van der Waals surface area (Å²) in [6, 6.07) is 5.35. The number of carbonyl (C=O) groups is 1. The van der Waals surface area contributed by atoms with Crippen LogP contribution in [-0.4, -0.2) is 31.4 Å². The molecule has 0 radical (unpaired) electrons. The van der Waals surface area contributed by atoms with Crippen LogP contribution in [0.3, 0.4) is 0 Å². The first-order chi connectivity index (χ1) is 9.73. The van der Waals surface area contributed by atoms with Crippen LogP contribution in [0.1, 0.15) is 43.6 Å². The average molecular weight is 291 g/mol. The van der Waals surface area contributed by atoms with Crippen molar-refractivity contribution in [2.45, 2.75) is 45.4 Å². The third kappa shape index (κ3) is 2.71. The van der Waals surface area contributed by atoms with E-state index in [0.717, 1.165) is 5.46 Å². The lowest BCUT2D eigenvalue weighted by Gasteiger charge is -2.32. The van der Waals surface area contributed by atoms with Crippen LogP contribution < -0.4 is 11.2 Å². The fraction of sp³-hybridized carbons (Fsp3) is 0.533. The molecule has 1 saturated heterocycles. The molecule has 1 aromatic rings. The lowest BCUT2D eigenvalue weighted by atomic mass is 9.74. The number of methoxy groups -OCH3 is 1. The maximum atomic E-state index is 11.9. The van der Waals surface area contributed by atoms with Crippen molar-refractivity contribution < 1.29 is 18.8 Å². The third-order valence-corrected chi connectivity index (χ3v) is 4.33. The Morgan fingerprint density at radius 1 is 1.24 bits per heavy atom. The molecule has 1 heterocycles. The molecular weight excluding hydrogens is 269 g/mol. The Kier molecular flexibility index (Phi) is 4.15. The summed E-state index contributed by atoms with van der Waals surface area (Å²) in [7, 11) is 0.808. The molecule has 0 bridgehead atoms. The molecule has 6 heteroatoms. The van der Waals surface area contributed by atoms with E-state index in [1.54, 1.807) is 12.1 Å². The number of hydrogen-bond acceptors (Lipinski definition) is 5. The van der Waals surface area contributed by atoms with Crippen molar-refractivity contribution in [3.05, 3.63) is 29.3 Å². The summed E-state index contributed by atoms with van der Waals surface area (Å²) < 4.78 is 16.9. The maximum Gasteiger partial charge on any atom is 0.495 e. The van der Waals surface area contributed by atoms with Gasteiger partial charge in [-0.25, -0.2) is 4.79 Å². The Hall–Kier alpha value is -1.37. The summed E-state index contributed by atoms with van der Waals surface area (Å²) in [5.41, 5.74) is 6.87. The molecule has 5 nitrogen and oxygen atoms in total. The smallest absolute Gasteiger partial charge is 0.465 e. The fourth-order valence-electron chi connectivity index (χ4n) is 2.32. The monoisotopic (exact) mass is 291 g/mol. The van der Waals surface area contributed by atoms with E-state index in [9.17, 15) is 4.79 Å². The molecule has 1 fully saturated rings. The van der Waals surface area contributed by atoms with Gasteiger partial charge >= 0.3 is 13.1 Å². The van der Waals surface area contributed by atoms with Crippen LogP contribution in [-0.2, 0) is 20.6 Å². The molecule has 0 atom stereocenters. The van der Waals surface area contributed by atoms with E-state index in [4.69, 9.17) is 19.8 Å². The lowest BCUT2D eigenvalue weighted by molar-refractivity contribution is 0.00578. The largest absolute Gasteiger partial charge is 0.495 e. The summed E-state index contributed by atoms with van der Waals surface area (Å²) in [6.07, 6.45) is 0. The molecule has 2 rings (SSSR count). The summed E-state index contributed by atoms with van der Waals surface area (Å²) in [5, 5.41) is 0. The third-order valence-electron chi connectivity index (χ3n) is 4.33. The quantitative estimate of drug-likeness (QED) is 0.670. The number of hydrogen-bond donors (Lipinski definition) is 1. The molecule has 0 aromatic heterocycles. The molecule has 0 aliphatic carbocycles. The van der Waals surface area contributed by atoms with E-state index < -0.39 is 24.3 Å². The Labute approximate surface area is 125 Å². The van der Waals surface area contributed by atoms with Gasteiger partial charge in [0.2, 0.25) is 0 Å². The van der Waals surface area contributed by atoms with Crippen molar-refractivity contribution in [2.75, 3.05) is 7.11 Å². The van der Waals surface area contributed by atoms with Gasteiger partial charge in [0.25, 0.3) is 0 Å². The second kappa shape index (κ2) is 5.44. The molecule has 0 unspecified atom stereocenters. The van der Waals surface area contributed by atoms with Gasteiger partial charge in [-0.05, 0) is 44.8 Å². The summed E-state index contributed by atoms with van der Waals surface area (Å²) in [5.74, 6) is -0.409. The standard InChI is InChI=1S/C15H22BNO4/c1-14(2)15(3,4)21-16(20-14)12-8-6-7-10(11(12)9-17)13(18)19-5/h6-8H,9,17H2,1-5H3. The molecular formula is C15H22BNO4.